The van der Waals surface area contributed by atoms with E-state index in [0.717, 1.165) is 0 Å². The summed E-state index contributed by atoms with van der Waals surface area (Å²) >= 11 is 16.2. The largest absolute Gasteiger partial charge is 0.447 e. The molecule has 0 fully saturated rings. The van der Waals surface area contributed by atoms with Crippen LogP contribution in [-0.2, 0) is 10.1 Å². The molecule has 0 rings (SSSR count). The van der Waals surface area contributed by atoms with Crippen molar-refractivity contribution in [1.29, 1.82) is 0 Å². The summed E-state index contributed by atoms with van der Waals surface area (Å²) in [5.41, 5.74) is 7.46. The maximum absolute atomic E-state index is 9.28. The fourth-order valence-electron chi connectivity index (χ4n) is 0.333. The van der Waals surface area contributed by atoms with Crippen LogP contribution in [0.5, 0.6) is 0 Å². The van der Waals surface area contributed by atoms with Crippen LogP contribution in [0.15, 0.2) is 0 Å². The van der Waals surface area contributed by atoms with Crippen LogP contribution in [-0.4, -0.2) is 27.3 Å². The van der Waals surface area contributed by atoms with Gasteiger partial charge < -0.3 is 10.6 Å². The summed E-state index contributed by atoms with van der Waals surface area (Å²) in [5, 5.41) is 9.28. The molecule has 0 heterocycles. The molecule has 0 saturated carbocycles. The van der Waals surface area contributed by atoms with E-state index in [1.54, 1.807) is 0 Å². The number of alkyl halides is 3. The van der Waals surface area contributed by atoms with E-state index >= 15 is 0 Å². The van der Waals surface area contributed by atoms with Gasteiger partial charge in [-0.2, -0.15) is 0 Å². The summed E-state index contributed by atoms with van der Waals surface area (Å²) in [6, 6.07) is 0. The number of hydrogen-bond donors (Lipinski definition) is 1. The van der Waals surface area contributed by atoms with Gasteiger partial charge in [-0.15, -0.1) is 0 Å². The molecule has 7 heteroatoms. The van der Waals surface area contributed by atoms with E-state index in [9.17, 15) is 5.11 Å². The third-order valence-electron chi connectivity index (χ3n) is 0.908. The zero-order valence-corrected chi connectivity index (χ0v) is 9.99. The molecule has 2 N–H and O–H groups in total. The van der Waals surface area contributed by atoms with Crippen molar-refractivity contribution in [3.63, 3.8) is 0 Å². The second-order valence-corrected chi connectivity index (χ2v) is 10.4. The smallest absolute Gasteiger partial charge is 0.258 e. The minimum absolute atomic E-state index is 0.209. The monoisotopic (exact) mass is 255 g/mol. The van der Waals surface area contributed by atoms with Crippen LogP contribution in [0.2, 0.25) is 0 Å². The SMILES string of the molecule is CS(C)=[P+]([NH-])C(O)C(Cl)(Cl)Cl. The number of hydrogen-bond acceptors (Lipinski definition) is 1. The highest BCUT2D eigenvalue weighted by atomic mass is 35.6. The van der Waals surface area contributed by atoms with Crippen LogP contribution < -0.4 is 0 Å². The van der Waals surface area contributed by atoms with Crippen molar-refractivity contribution >= 4 is 51.7 Å². The van der Waals surface area contributed by atoms with Crippen molar-refractivity contribution in [2.75, 3.05) is 12.5 Å². The van der Waals surface area contributed by atoms with Crippen LogP contribution in [0, 0.1) is 0 Å². The van der Waals surface area contributed by atoms with Gasteiger partial charge in [0.05, 0.1) is 6.85 Å². The molecule has 0 aromatic heterocycles. The first-order valence-electron chi connectivity index (χ1n) is 2.59. The first-order chi connectivity index (χ1) is 4.76. The summed E-state index contributed by atoms with van der Waals surface area (Å²) < 4.78 is -1.72. The Hall–Kier alpha value is 1.44. The van der Waals surface area contributed by atoms with Crippen molar-refractivity contribution in [3.05, 3.63) is 5.50 Å². The average Bonchev–Trinajstić information content (AvgIpc) is 1.82. The van der Waals surface area contributed by atoms with E-state index in [0.29, 0.717) is 0 Å². The molecular formula is C4H9Cl3NOPS. The molecule has 68 valence electrons. The Bertz CT molecular complexity index is 177. The molecule has 2 atom stereocenters. The molecular weight excluding hydrogens is 247 g/mol. The Morgan fingerprint density at radius 1 is 1.45 bits per heavy atom. The van der Waals surface area contributed by atoms with E-state index in [-0.39, 0.29) is 10.1 Å². The first kappa shape index (κ1) is 12.4. The van der Waals surface area contributed by atoms with E-state index in [2.05, 4.69) is 0 Å². The lowest BCUT2D eigenvalue weighted by Crippen LogP contribution is -2.21. The lowest BCUT2D eigenvalue weighted by molar-refractivity contribution is 0.265. The zero-order valence-electron chi connectivity index (χ0n) is 6.01. The lowest BCUT2D eigenvalue weighted by Gasteiger charge is -2.15. The molecule has 0 saturated heterocycles. The van der Waals surface area contributed by atoms with Gasteiger partial charge in [0.1, 0.15) is 0 Å². The highest BCUT2D eigenvalue weighted by Crippen LogP contribution is 2.45. The molecule has 0 aromatic carbocycles. The summed E-state index contributed by atoms with van der Waals surface area (Å²) in [7, 11) is -0.209. The second-order valence-electron chi connectivity index (χ2n) is 2.01. The van der Waals surface area contributed by atoms with Gasteiger partial charge in [0.2, 0.25) is 0 Å². The molecule has 2 unspecified atom stereocenters. The number of rotatable bonds is 1. The fourth-order valence-corrected chi connectivity index (χ4v) is 4.07. The standard InChI is InChI=1S/C4H9Cl3NOPS/c1-11(2)10(8)3(9)4(5,6)7/h3,8-9H,1-2H3. The summed E-state index contributed by atoms with van der Waals surface area (Å²) in [4.78, 5) is 0. The van der Waals surface area contributed by atoms with E-state index < -0.39 is 16.5 Å². The van der Waals surface area contributed by atoms with Crippen molar-refractivity contribution in [1.82, 2.24) is 0 Å². The van der Waals surface area contributed by atoms with Gasteiger partial charge in [0.15, 0.2) is 0 Å². The Morgan fingerprint density at radius 3 is 1.91 bits per heavy atom. The Labute approximate surface area is 84.4 Å². The maximum atomic E-state index is 9.28. The average molecular weight is 257 g/mol. The number of aliphatic hydroxyl groups is 1. The summed E-state index contributed by atoms with van der Waals surface area (Å²) in [6.45, 7) is -1.35. The minimum Gasteiger partial charge on any atom is -0.447 e. The maximum Gasteiger partial charge on any atom is 0.258 e. The number of nitrogens with one attached hydrogen (secondary N) is 1. The third-order valence-corrected chi connectivity index (χ3v) is 6.56. The van der Waals surface area contributed by atoms with Crippen LogP contribution in [0.1, 0.15) is 0 Å². The molecule has 0 aliphatic heterocycles. The predicted molar refractivity (Wildman–Crippen MR) is 56.8 cm³/mol. The van der Waals surface area contributed by atoms with Gasteiger partial charge in [-0.05, 0) is 10.1 Å². The van der Waals surface area contributed by atoms with Crippen LogP contribution >= 0.6 is 41.7 Å². The quantitative estimate of drug-likeness (QED) is 0.569. The molecule has 0 radical (unpaired) electrons. The van der Waals surface area contributed by atoms with Gasteiger partial charge in [0.25, 0.3) is 9.64 Å². The van der Waals surface area contributed by atoms with Gasteiger partial charge in [-0.25, -0.2) is 0 Å². The van der Waals surface area contributed by atoms with E-state index in [1.807, 2.05) is 12.5 Å². The third kappa shape index (κ3) is 4.28. The minimum atomic E-state index is -1.72. The molecule has 0 amide bonds. The van der Waals surface area contributed by atoms with Crippen LogP contribution in [0.3, 0.4) is 0 Å². The molecule has 0 bridgehead atoms. The second kappa shape index (κ2) is 4.61. The lowest BCUT2D eigenvalue weighted by atomic mass is 10.8. The molecule has 0 aliphatic rings. The van der Waals surface area contributed by atoms with Gasteiger partial charge in [0, 0.05) is 12.5 Å². The van der Waals surface area contributed by atoms with E-state index in [1.165, 1.54) is 0 Å². The van der Waals surface area contributed by atoms with Crippen molar-refractivity contribution in [2.45, 2.75) is 9.64 Å². The number of halogens is 3. The zero-order chi connectivity index (χ0) is 9.23. The normalized spacial score (nSPS) is 16.9. The number of aliphatic hydroxyl groups excluding tert-OH is 1. The van der Waals surface area contributed by atoms with Crippen LogP contribution in [0.4, 0.5) is 0 Å². The van der Waals surface area contributed by atoms with Crippen molar-refractivity contribution < 1.29 is 5.11 Å². The van der Waals surface area contributed by atoms with Gasteiger partial charge >= 0.3 is 0 Å². The van der Waals surface area contributed by atoms with Gasteiger partial charge in [-0.3, -0.25) is 0 Å². The van der Waals surface area contributed by atoms with Gasteiger partial charge in [-0.1, -0.05) is 34.8 Å². The Kier molecular flexibility index (Phi) is 5.22. The predicted octanol–water partition coefficient (Wildman–Crippen LogP) is 2.92. The molecule has 0 aromatic rings. The molecule has 11 heavy (non-hydrogen) atoms. The fraction of sp³-hybridized carbons (Fsp3) is 1.00. The molecule has 0 spiro atoms. The van der Waals surface area contributed by atoms with Crippen molar-refractivity contribution in [3.8, 4) is 0 Å². The summed E-state index contributed by atoms with van der Waals surface area (Å²) in [5.74, 6) is -1.15. The van der Waals surface area contributed by atoms with E-state index in [4.69, 9.17) is 40.3 Å². The summed E-state index contributed by atoms with van der Waals surface area (Å²) in [6.07, 6.45) is 3.69. The molecule has 0 aliphatic carbocycles. The van der Waals surface area contributed by atoms with Crippen LogP contribution in [0.25, 0.3) is 5.50 Å². The Morgan fingerprint density at radius 2 is 1.82 bits per heavy atom. The Balaban J connectivity index is 4.52. The molecule has 2 nitrogen and oxygen atoms in total. The van der Waals surface area contributed by atoms with Crippen molar-refractivity contribution in [2.24, 2.45) is 0 Å². The first-order valence-corrected chi connectivity index (χ1v) is 7.79. The topological polar surface area (TPSA) is 44.0 Å². The highest BCUT2D eigenvalue weighted by molar-refractivity contribution is 8.26. The highest BCUT2D eigenvalue weighted by Gasteiger charge is 2.37.